The molecule has 1 unspecified atom stereocenters. The summed E-state index contributed by atoms with van der Waals surface area (Å²) in [4.78, 5) is 30.2. The van der Waals surface area contributed by atoms with E-state index in [9.17, 15) is 24.9 Å². The Morgan fingerprint density at radius 1 is 1.41 bits per heavy atom. The van der Waals surface area contributed by atoms with Crippen LogP contribution in [-0.2, 0) is 25.5 Å². The highest BCUT2D eigenvalue weighted by molar-refractivity contribution is 5.76. The molecule has 1 aromatic heterocycles. The van der Waals surface area contributed by atoms with E-state index in [1.807, 2.05) is 0 Å². The quantitative estimate of drug-likeness (QED) is 0.264. The van der Waals surface area contributed by atoms with Gasteiger partial charge in [-0.1, -0.05) is 6.92 Å². The number of rotatable bonds is 8. The highest BCUT2D eigenvalue weighted by atomic mass is 16.6. The van der Waals surface area contributed by atoms with Crippen molar-refractivity contribution in [2.45, 2.75) is 62.9 Å². The van der Waals surface area contributed by atoms with Gasteiger partial charge in [0, 0.05) is 24.7 Å². The average molecular weight is 386 g/mol. The molecule has 152 valence electrons. The number of carbonyl (C=O) groups excluding carboxylic acids is 2. The summed E-state index contributed by atoms with van der Waals surface area (Å²) in [5.74, 6) is -1.12. The molecular weight excluding hydrogens is 360 g/mol. The lowest BCUT2D eigenvalue weighted by atomic mass is 9.97. The van der Waals surface area contributed by atoms with E-state index in [4.69, 9.17) is 15.2 Å². The monoisotopic (exact) mass is 386 g/mol. The minimum atomic E-state index is -1.56. The first-order valence-electron chi connectivity index (χ1n) is 8.72. The Morgan fingerprint density at radius 2 is 2.15 bits per heavy atom. The third kappa shape index (κ3) is 5.71. The van der Waals surface area contributed by atoms with Crippen LogP contribution in [0, 0.1) is 0 Å². The van der Waals surface area contributed by atoms with Gasteiger partial charge in [0.05, 0.1) is 6.33 Å². The van der Waals surface area contributed by atoms with Crippen molar-refractivity contribution < 1.29 is 34.4 Å². The number of nitrogens with zero attached hydrogens (tertiary/aromatic N) is 1. The molecule has 2 heterocycles. The molecule has 1 aliphatic rings. The summed E-state index contributed by atoms with van der Waals surface area (Å²) in [7, 11) is 0. The maximum absolute atomic E-state index is 12.0. The van der Waals surface area contributed by atoms with Crippen LogP contribution < -0.4 is 11.1 Å². The molecule has 11 heteroatoms. The Hall–Kier alpha value is -2.05. The van der Waals surface area contributed by atoms with E-state index in [2.05, 4.69) is 15.3 Å². The topological polar surface area (TPSA) is 180 Å². The Morgan fingerprint density at radius 3 is 2.78 bits per heavy atom. The summed E-state index contributed by atoms with van der Waals surface area (Å²) in [5, 5.41) is 32.7. The zero-order valence-corrected chi connectivity index (χ0v) is 14.9. The molecule has 1 fully saturated rings. The summed E-state index contributed by atoms with van der Waals surface area (Å²) in [5.41, 5.74) is 6.40. The van der Waals surface area contributed by atoms with Crippen LogP contribution in [0.3, 0.4) is 0 Å². The maximum Gasteiger partial charge on any atom is 0.323 e. The van der Waals surface area contributed by atoms with Gasteiger partial charge >= 0.3 is 5.97 Å². The van der Waals surface area contributed by atoms with Crippen LogP contribution in [0.25, 0.3) is 0 Å². The zero-order chi connectivity index (χ0) is 20.0. The van der Waals surface area contributed by atoms with Gasteiger partial charge in [0.1, 0.15) is 37.0 Å². The van der Waals surface area contributed by atoms with Gasteiger partial charge in [-0.25, -0.2) is 4.98 Å². The van der Waals surface area contributed by atoms with E-state index in [1.165, 1.54) is 12.5 Å². The highest BCUT2D eigenvalue weighted by Crippen LogP contribution is 2.20. The molecule has 1 saturated heterocycles. The molecule has 1 amide bonds. The molecule has 0 aliphatic carbocycles. The third-order valence-electron chi connectivity index (χ3n) is 4.21. The zero-order valence-electron chi connectivity index (χ0n) is 14.9. The minimum Gasteiger partial charge on any atom is -0.462 e. The van der Waals surface area contributed by atoms with Gasteiger partial charge in [-0.05, 0) is 6.42 Å². The molecular formula is C16H26N4O7. The molecule has 2 rings (SSSR count). The summed E-state index contributed by atoms with van der Waals surface area (Å²) < 4.78 is 10.2. The number of aliphatic hydroxyl groups is 3. The molecule has 1 aromatic rings. The Bertz CT molecular complexity index is 612. The summed E-state index contributed by atoms with van der Waals surface area (Å²) in [6, 6.07) is -2.14. The molecule has 0 aromatic carbocycles. The van der Waals surface area contributed by atoms with Crippen LogP contribution in [0.1, 0.15) is 25.5 Å². The van der Waals surface area contributed by atoms with Gasteiger partial charge in [0.25, 0.3) is 0 Å². The number of esters is 1. The van der Waals surface area contributed by atoms with Gasteiger partial charge in [-0.15, -0.1) is 0 Å². The smallest absolute Gasteiger partial charge is 0.323 e. The molecule has 0 saturated carbocycles. The van der Waals surface area contributed by atoms with Gasteiger partial charge in [0.2, 0.25) is 5.91 Å². The number of H-pyrrole nitrogens is 1. The molecule has 0 bridgehead atoms. The number of hydrogen-bond donors (Lipinski definition) is 6. The fraction of sp³-hybridized carbons (Fsp3) is 0.688. The second-order valence-corrected chi connectivity index (χ2v) is 6.41. The van der Waals surface area contributed by atoms with Gasteiger partial charge in [0.15, 0.2) is 6.29 Å². The van der Waals surface area contributed by atoms with Crippen molar-refractivity contribution in [1.29, 1.82) is 0 Å². The van der Waals surface area contributed by atoms with E-state index < -0.39 is 49.3 Å². The van der Waals surface area contributed by atoms with E-state index in [-0.39, 0.29) is 18.7 Å². The minimum absolute atomic E-state index is 0.184. The maximum atomic E-state index is 12.0. The van der Waals surface area contributed by atoms with Crippen LogP contribution in [0.4, 0.5) is 0 Å². The first-order chi connectivity index (χ1) is 12.8. The standard InChI is InChI=1S/C16H26N4O7/c1-2-3-11(21)20-12-14(23)13(22)10(27-16(12)25)6-26-15(24)9(17)4-8-5-18-7-19-8/h5,7,9-10,12-14,16,22-23,25H,2-4,6,17H2,1H3,(H,18,19)(H,20,21)/t9-,10+,12+,13+,14+,16?/m0/s1. The van der Waals surface area contributed by atoms with Gasteiger partial charge in [-0.3, -0.25) is 9.59 Å². The van der Waals surface area contributed by atoms with Crippen LogP contribution in [0.2, 0.25) is 0 Å². The number of aliphatic hydroxyl groups excluding tert-OH is 3. The Labute approximate surface area is 155 Å². The number of hydrogen-bond acceptors (Lipinski definition) is 9. The number of nitrogens with two attached hydrogens (primary N) is 1. The van der Waals surface area contributed by atoms with E-state index >= 15 is 0 Å². The van der Waals surface area contributed by atoms with Gasteiger partial charge < -0.3 is 40.8 Å². The van der Waals surface area contributed by atoms with Crippen molar-refractivity contribution in [3.63, 3.8) is 0 Å². The van der Waals surface area contributed by atoms with Crippen molar-refractivity contribution in [3.05, 3.63) is 18.2 Å². The summed E-state index contributed by atoms with van der Waals surface area (Å²) in [6.07, 6.45) is -1.73. The molecule has 7 N–H and O–H groups in total. The van der Waals surface area contributed by atoms with Gasteiger partial charge in [-0.2, -0.15) is 0 Å². The van der Waals surface area contributed by atoms with E-state index in [0.717, 1.165) is 0 Å². The summed E-state index contributed by atoms with van der Waals surface area (Å²) in [6.45, 7) is 1.39. The fourth-order valence-corrected chi connectivity index (χ4v) is 2.71. The lowest BCUT2D eigenvalue weighted by Gasteiger charge is -2.40. The first kappa shape index (κ1) is 21.3. The number of aromatic amines is 1. The molecule has 11 nitrogen and oxygen atoms in total. The lowest BCUT2D eigenvalue weighted by molar-refractivity contribution is -0.255. The number of amides is 1. The third-order valence-corrected chi connectivity index (χ3v) is 4.21. The predicted octanol–water partition coefficient (Wildman–Crippen LogP) is -2.45. The largest absolute Gasteiger partial charge is 0.462 e. The summed E-state index contributed by atoms with van der Waals surface area (Å²) >= 11 is 0. The van der Waals surface area contributed by atoms with Crippen molar-refractivity contribution >= 4 is 11.9 Å². The van der Waals surface area contributed by atoms with Crippen molar-refractivity contribution in [2.75, 3.05) is 6.61 Å². The molecule has 0 spiro atoms. The number of ether oxygens (including phenoxy) is 2. The fourth-order valence-electron chi connectivity index (χ4n) is 2.71. The van der Waals surface area contributed by atoms with Crippen LogP contribution in [0.15, 0.2) is 12.5 Å². The van der Waals surface area contributed by atoms with Crippen LogP contribution in [-0.4, -0.2) is 80.5 Å². The number of carbonyl (C=O) groups is 2. The SMILES string of the molecule is CCCC(=O)N[C@H]1C(O)O[C@H](COC(=O)[C@@H](N)Cc2cnc[nH]2)[C@@H](O)[C@@H]1O. The second kappa shape index (κ2) is 9.76. The van der Waals surface area contributed by atoms with Crippen LogP contribution in [0.5, 0.6) is 0 Å². The van der Waals surface area contributed by atoms with Crippen molar-refractivity contribution in [1.82, 2.24) is 15.3 Å². The predicted molar refractivity (Wildman–Crippen MR) is 91.0 cm³/mol. The normalized spacial score (nSPS) is 29.1. The first-order valence-corrected chi connectivity index (χ1v) is 8.72. The molecule has 27 heavy (non-hydrogen) atoms. The lowest BCUT2D eigenvalue weighted by Crippen LogP contribution is -2.64. The van der Waals surface area contributed by atoms with E-state index in [1.54, 1.807) is 6.92 Å². The van der Waals surface area contributed by atoms with E-state index in [0.29, 0.717) is 12.1 Å². The number of aromatic nitrogens is 2. The number of imidazole rings is 1. The molecule has 0 radical (unpaired) electrons. The second-order valence-electron chi connectivity index (χ2n) is 6.41. The highest BCUT2D eigenvalue weighted by Gasteiger charge is 2.45. The van der Waals surface area contributed by atoms with Crippen molar-refractivity contribution in [2.24, 2.45) is 5.73 Å². The molecule has 1 aliphatic heterocycles. The average Bonchev–Trinajstić information content (AvgIpc) is 3.13. The molecule has 6 atom stereocenters. The number of nitrogens with one attached hydrogen (secondary N) is 2. The Kier molecular flexibility index (Phi) is 7.68. The van der Waals surface area contributed by atoms with Crippen LogP contribution >= 0.6 is 0 Å². The Balaban J connectivity index is 1.85. The van der Waals surface area contributed by atoms with Crippen molar-refractivity contribution in [3.8, 4) is 0 Å².